The zero-order valence-corrected chi connectivity index (χ0v) is 15.1. The van der Waals surface area contributed by atoms with E-state index in [4.69, 9.17) is 26.0 Å². The smallest absolute Gasteiger partial charge is 0.420 e. The third kappa shape index (κ3) is 5.61. The average molecular weight is 398 g/mol. The first-order valence-electron chi connectivity index (χ1n) is 8.33. The average Bonchev–Trinajstić information content (AvgIpc) is 3.41. The fraction of sp³-hybridized carbons (Fsp3) is 0.316. The summed E-state index contributed by atoms with van der Waals surface area (Å²) in [6.45, 7) is 0.358. The van der Waals surface area contributed by atoms with Crippen molar-refractivity contribution in [3.8, 4) is 17.2 Å². The van der Waals surface area contributed by atoms with Gasteiger partial charge in [0.15, 0.2) is 0 Å². The second kappa shape index (κ2) is 8.49. The molecule has 1 fully saturated rings. The first-order chi connectivity index (χ1) is 13.1. The summed E-state index contributed by atoms with van der Waals surface area (Å²) in [5.74, 6) is -0.715. The number of halogens is 3. The Bertz CT molecular complexity index is 819. The van der Waals surface area contributed by atoms with Crippen molar-refractivity contribution in [2.45, 2.75) is 31.1 Å². The highest BCUT2D eigenvalue weighted by molar-refractivity contribution is 5.81. The largest absolute Gasteiger partial charge is 0.497 e. The maximum absolute atomic E-state index is 13.0. The standard InChI is InChI=1S/C15H14F3NO2.C4H7NO2/c1-20-12-6-7-14(13(8-12)15(16,17)18)21-11-4-2-10(9-19)3-5-11;5-4(1-2-4)3(6)7/h2-8H,9,19H2,1H3;1-2,5H2,(H,6,7). The molecule has 0 bridgehead atoms. The molecular weight excluding hydrogens is 377 g/mol. The minimum atomic E-state index is -4.53. The Morgan fingerprint density at radius 2 is 1.71 bits per heavy atom. The van der Waals surface area contributed by atoms with Crippen LogP contribution in [0.2, 0.25) is 0 Å². The van der Waals surface area contributed by atoms with Crippen LogP contribution < -0.4 is 20.9 Å². The summed E-state index contributed by atoms with van der Waals surface area (Å²) < 4.78 is 49.2. The van der Waals surface area contributed by atoms with E-state index in [1.165, 1.54) is 19.2 Å². The molecule has 3 rings (SSSR count). The minimum Gasteiger partial charge on any atom is -0.497 e. The van der Waals surface area contributed by atoms with Gasteiger partial charge in [0, 0.05) is 6.54 Å². The summed E-state index contributed by atoms with van der Waals surface area (Å²) in [4.78, 5) is 9.96. The molecule has 1 aliphatic rings. The molecule has 0 atom stereocenters. The summed E-state index contributed by atoms with van der Waals surface area (Å²) in [6.07, 6.45) is -3.24. The molecule has 0 saturated heterocycles. The van der Waals surface area contributed by atoms with Gasteiger partial charge in [0.25, 0.3) is 0 Å². The van der Waals surface area contributed by atoms with Crippen LogP contribution in [0, 0.1) is 0 Å². The number of carbonyl (C=O) groups is 1. The van der Waals surface area contributed by atoms with Gasteiger partial charge < -0.3 is 26.0 Å². The Kier molecular flexibility index (Phi) is 6.52. The minimum absolute atomic E-state index is 0.119. The van der Waals surface area contributed by atoms with Crippen molar-refractivity contribution in [2.75, 3.05) is 7.11 Å². The van der Waals surface area contributed by atoms with Crippen molar-refractivity contribution in [3.63, 3.8) is 0 Å². The van der Waals surface area contributed by atoms with E-state index in [2.05, 4.69) is 0 Å². The van der Waals surface area contributed by atoms with Crippen LogP contribution in [0.25, 0.3) is 0 Å². The van der Waals surface area contributed by atoms with Crippen molar-refractivity contribution in [1.82, 2.24) is 0 Å². The fourth-order valence-electron chi connectivity index (χ4n) is 2.12. The van der Waals surface area contributed by atoms with Crippen LogP contribution in [0.1, 0.15) is 24.0 Å². The summed E-state index contributed by atoms with van der Waals surface area (Å²) in [5, 5.41) is 8.19. The summed E-state index contributed by atoms with van der Waals surface area (Å²) in [5.41, 5.74) is 9.80. The Balaban J connectivity index is 0.000000336. The van der Waals surface area contributed by atoms with E-state index < -0.39 is 23.2 Å². The van der Waals surface area contributed by atoms with Crippen molar-refractivity contribution >= 4 is 5.97 Å². The first kappa shape index (κ1) is 21.5. The van der Waals surface area contributed by atoms with Crippen LogP contribution in [0.15, 0.2) is 42.5 Å². The maximum Gasteiger partial charge on any atom is 0.420 e. The molecule has 0 amide bonds. The predicted molar refractivity (Wildman–Crippen MR) is 96.2 cm³/mol. The molecule has 2 aromatic rings. The Morgan fingerprint density at radius 1 is 1.14 bits per heavy atom. The molecule has 28 heavy (non-hydrogen) atoms. The zero-order chi connectivity index (χ0) is 20.9. The molecule has 0 aliphatic heterocycles. The third-order valence-corrected chi connectivity index (χ3v) is 4.09. The van der Waals surface area contributed by atoms with Crippen LogP contribution in [0.5, 0.6) is 17.2 Å². The zero-order valence-electron chi connectivity index (χ0n) is 15.1. The lowest BCUT2D eigenvalue weighted by Gasteiger charge is -2.15. The molecule has 9 heteroatoms. The summed E-state index contributed by atoms with van der Waals surface area (Å²) >= 11 is 0. The molecule has 0 heterocycles. The quantitative estimate of drug-likeness (QED) is 0.711. The second-order valence-corrected chi connectivity index (χ2v) is 6.27. The van der Waals surface area contributed by atoms with E-state index in [1.807, 2.05) is 0 Å². The van der Waals surface area contributed by atoms with Gasteiger partial charge in [0.2, 0.25) is 0 Å². The van der Waals surface area contributed by atoms with Crippen molar-refractivity contribution in [3.05, 3.63) is 53.6 Å². The molecule has 152 valence electrons. The van der Waals surface area contributed by atoms with Gasteiger partial charge in [0.05, 0.1) is 7.11 Å². The third-order valence-electron chi connectivity index (χ3n) is 4.09. The van der Waals surface area contributed by atoms with Crippen LogP contribution >= 0.6 is 0 Å². The number of methoxy groups -OCH3 is 1. The van der Waals surface area contributed by atoms with Gasteiger partial charge in [-0.1, -0.05) is 12.1 Å². The van der Waals surface area contributed by atoms with E-state index >= 15 is 0 Å². The lowest BCUT2D eigenvalue weighted by atomic mass is 10.1. The Morgan fingerprint density at radius 3 is 2.11 bits per heavy atom. The molecule has 6 nitrogen and oxygen atoms in total. The van der Waals surface area contributed by atoms with Crippen LogP contribution in [-0.4, -0.2) is 23.7 Å². The normalized spacial score (nSPS) is 14.5. The topological polar surface area (TPSA) is 108 Å². The number of ether oxygens (including phenoxy) is 2. The first-order valence-corrected chi connectivity index (χ1v) is 8.33. The van der Waals surface area contributed by atoms with Gasteiger partial charge in [-0.2, -0.15) is 13.2 Å². The SMILES string of the molecule is COc1ccc(Oc2ccc(CN)cc2)c(C(F)(F)F)c1.NC1(C(=O)O)CC1. The van der Waals surface area contributed by atoms with Crippen molar-refractivity contribution in [2.24, 2.45) is 11.5 Å². The number of hydrogen-bond acceptors (Lipinski definition) is 5. The highest BCUT2D eigenvalue weighted by Crippen LogP contribution is 2.40. The van der Waals surface area contributed by atoms with Gasteiger partial charge in [-0.25, -0.2) is 0 Å². The molecule has 5 N–H and O–H groups in total. The number of carboxylic acid groups (broad SMARTS) is 1. The predicted octanol–water partition coefficient (Wildman–Crippen LogP) is 3.53. The van der Waals surface area contributed by atoms with Crippen molar-refractivity contribution < 1.29 is 32.5 Å². The maximum atomic E-state index is 13.0. The lowest BCUT2D eigenvalue weighted by Crippen LogP contribution is -2.31. The number of benzene rings is 2. The van der Waals surface area contributed by atoms with Gasteiger partial charge in [0.1, 0.15) is 28.4 Å². The molecule has 1 aliphatic carbocycles. The monoisotopic (exact) mass is 398 g/mol. The Labute approximate surface area is 159 Å². The summed E-state index contributed by atoms with van der Waals surface area (Å²) in [7, 11) is 1.31. The molecule has 0 spiro atoms. The number of aliphatic carboxylic acids is 1. The highest BCUT2D eigenvalue weighted by atomic mass is 19.4. The molecule has 2 aromatic carbocycles. The Hall–Kier alpha value is -2.78. The number of rotatable bonds is 5. The molecule has 1 saturated carbocycles. The van der Waals surface area contributed by atoms with Gasteiger partial charge in [-0.3, -0.25) is 4.79 Å². The molecular formula is C19H21F3N2O4. The summed E-state index contributed by atoms with van der Waals surface area (Å²) in [6, 6.07) is 10.1. The molecule has 0 radical (unpaired) electrons. The fourth-order valence-corrected chi connectivity index (χ4v) is 2.12. The van der Waals surface area contributed by atoms with E-state index in [9.17, 15) is 18.0 Å². The lowest BCUT2D eigenvalue weighted by molar-refractivity contribution is -0.140. The number of alkyl halides is 3. The van der Waals surface area contributed by atoms with Crippen LogP contribution in [0.3, 0.4) is 0 Å². The van der Waals surface area contributed by atoms with E-state index in [1.54, 1.807) is 24.3 Å². The highest BCUT2D eigenvalue weighted by Gasteiger charge is 2.46. The van der Waals surface area contributed by atoms with E-state index in [0.29, 0.717) is 25.1 Å². The van der Waals surface area contributed by atoms with Crippen LogP contribution in [0.4, 0.5) is 13.2 Å². The van der Waals surface area contributed by atoms with E-state index in [-0.39, 0.29) is 11.5 Å². The van der Waals surface area contributed by atoms with Crippen LogP contribution in [-0.2, 0) is 17.5 Å². The second-order valence-electron chi connectivity index (χ2n) is 6.27. The van der Waals surface area contributed by atoms with Crippen molar-refractivity contribution in [1.29, 1.82) is 0 Å². The number of nitrogens with two attached hydrogens (primary N) is 2. The molecule has 0 unspecified atom stereocenters. The van der Waals surface area contributed by atoms with E-state index in [0.717, 1.165) is 11.6 Å². The number of carboxylic acids is 1. The molecule has 0 aromatic heterocycles. The van der Waals surface area contributed by atoms with Gasteiger partial charge in [-0.05, 0) is 48.7 Å². The van der Waals surface area contributed by atoms with Gasteiger partial charge >= 0.3 is 12.1 Å². The van der Waals surface area contributed by atoms with Gasteiger partial charge in [-0.15, -0.1) is 0 Å². The number of hydrogen-bond donors (Lipinski definition) is 3.